The molecule has 1 N–H and O–H groups in total. The highest BCUT2D eigenvalue weighted by molar-refractivity contribution is 7.10. The van der Waals surface area contributed by atoms with Crippen molar-refractivity contribution >= 4 is 17.2 Å². The maximum atomic E-state index is 9.10. The van der Waals surface area contributed by atoms with E-state index in [2.05, 4.69) is 50.8 Å². The molecule has 5 nitrogen and oxygen atoms in total. The topological polar surface area (TPSA) is 64.8 Å². The first kappa shape index (κ1) is 14.9. The molecule has 22 heavy (non-hydrogen) atoms. The van der Waals surface area contributed by atoms with Crippen LogP contribution in [-0.2, 0) is 0 Å². The fourth-order valence-corrected chi connectivity index (χ4v) is 4.14. The highest BCUT2D eigenvalue weighted by Gasteiger charge is 2.31. The van der Waals surface area contributed by atoms with E-state index in [0.717, 1.165) is 13.1 Å². The van der Waals surface area contributed by atoms with Crippen LogP contribution < -0.4 is 5.32 Å². The highest BCUT2D eigenvalue weighted by atomic mass is 32.1. The largest absolute Gasteiger partial charge is 0.367 e. The van der Waals surface area contributed by atoms with E-state index in [9.17, 15) is 0 Å². The van der Waals surface area contributed by atoms with Gasteiger partial charge < -0.3 is 5.32 Å². The minimum absolute atomic E-state index is 0.360. The van der Waals surface area contributed by atoms with Crippen molar-refractivity contribution in [3.63, 3.8) is 0 Å². The van der Waals surface area contributed by atoms with Gasteiger partial charge in [0.15, 0.2) is 11.5 Å². The van der Waals surface area contributed by atoms with Crippen molar-refractivity contribution in [2.24, 2.45) is 5.92 Å². The van der Waals surface area contributed by atoms with Gasteiger partial charge in [-0.15, -0.1) is 11.3 Å². The van der Waals surface area contributed by atoms with Crippen molar-refractivity contribution in [2.45, 2.75) is 18.9 Å². The Bertz CT molecular complexity index is 649. The van der Waals surface area contributed by atoms with E-state index in [0.29, 0.717) is 23.5 Å². The molecule has 0 aliphatic carbocycles. The fraction of sp³-hybridized carbons (Fsp3) is 0.438. The average Bonchev–Trinajstić information content (AvgIpc) is 3.07. The molecule has 3 heterocycles. The van der Waals surface area contributed by atoms with Crippen molar-refractivity contribution in [2.75, 3.05) is 25.5 Å². The van der Waals surface area contributed by atoms with Crippen molar-refractivity contribution in [3.8, 4) is 6.07 Å². The average molecular weight is 313 g/mol. The summed E-state index contributed by atoms with van der Waals surface area (Å²) in [7, 11) is 2.19. The first-order valence-corrected chi connectivity index (χ1v) is 8.36. The van der Waals surface area contributed by atoms with Crippen LogP contribution in [0, 0.1) is 17.2 Å². The monoisotopic (exact) mass is 313 g/mol. The Morgan fingerprint density at radius 3 is 3.09 bits per heavy atom. The minimum Gasteiger partial charge on any atom is -0.367 e. The number of nitriles is 1. The van der Waals surface area contributed by atoms with Gasteiger partial charge in [0.2, 0.25) is 0 Å². The van der Waals surface area contributed by atoms with E-state index < -0.39 is 0 Å². The Balaban J connectivity index is 1.74. The van der Waals surface area contributed by atoms with Gasteiger partial charge in [-0.05, 0) is 43.8 Å². The zero-order chi connectivity index (χ0) is 15.4. The molecule has 0 bridgehead atoms. The van der Waals surface area contributed by atoms with E-state index in [4.69, 9.17) is 5.26 Å². The van der Waals surface area contributed by atoms with Gasteiger partial charge in [0, 0.05) is 29.9 Å². The zero-order valence-electron chi connectivity index (χ0n) is 12.6. The Hall–Kier alpha value is -1.97. The molecule has 3 rings (SSSR count). The van der Waals surface area contributed by atoms with Gasteiger partial charge in [0.1, 0.15) is 6.07 Å². The predicted octanol–water partition coefficient (Wildman–Crippen LogP) is 2.90. The Labute approximate surface area is 134 Å². The standard InChI is InChI=1S/C16H19N5S/c1-21-8-2-4-12(15(21)14-5-3-9-22-14)11-20-16-13(10-17)18-6-7-19-16/h3,5-7,9,12,15H,2,4,8,11H2,1H3,(H,19,20). The predicted molar refractivity (Wildman–Crippen MR) is 87.7 cm³/mol. The molecule has 114 valence electrons. The second-order valence-electron chi connectivity index (χ2n) is 5.59. The summed E-state index contributed by atoms with van der Waals surface area (Å²) in [6.07, 6.45) is 5.55. The van der Waals surface area contributed by atoms with Crippen molar-refractivity contribution in [3.05, 3.63) is 40.5 Å². The number of nitrogens with zero attached hydrogens (tertiary/aromatic N) is 4. The van der Waals surface area contributed by atoms with Gasteiger partial charge in [0.05, 0.1) is 0 Å². The van der Waals surface area contributed by atoms with Crippen LogP contribution >= 0.6 is 11.3 Å². The van der Waals surface area contributed by atoms with Crippen molar-refractivity contribution in [1.82, 2.24) is 14.9 Å². The molecule has 1 saturated heterocycles. The van der Waals surface area contributed by atoms with Crippen molar-refractivity contribution < 1.29 is 0 Å². The number of hydrogen-bond acceptors (Lipinski definition) is 6. The molecule has 1 aliphatic heterocycles. The molecule has 2 aromatic rings. The molecule has 2 atom stereocenters. The molecular weight excluding hydrogens is 294 g/mol. The van der Waals surface area contributed by atoms with Gasteiger partial charge in [-0.1, -0.05) is 6.07 Å². The lowest BCUT2D eigenvalue weighted by Gasteiger charge is -2.39. The zero-order valence-corrected chi connectivity index (χ0v) is 13.4. The summed E-state index contributed by atoms with van der Waals surface area (Å²) < 4.78 is 0. The second kappa shape index (κ2) is 6.86. The number of rotatable bonds is 4. The minimum atomic E-state index is 0.360. The summed E-state index contributed by atoms with van der Waals surface area (Å²) >= 11 is 1.82. The third kappa shape index (κ3) is 3.11. The lowest BCUT2D eigenvalue weighted by atomic mass is 9.88. The fourth-order valence-electron chi connectivity index (χ4n) is 3.16. The van der Waals surface area contributed by atoms with Gasteiger partial charge in [-0.2, -0.15) is 5.26 Å². The van der Waals surface area contributed by atoms with Crippen LogP contribution in [0.1, 0.15) is 29.5 Å². The Kier molecular flexibility index (Phi) is 4.66. The van der Waals surface area contributed by atoms with Crippen molar-refractivity contribution in [1.29, 1.82) is 5.26 Å². The van der Waals surface area contributed by atoms with E-state index >= 15 is 0 Å². The molecule has 0 aromatic carbocycles. The van der Waals surface area contributed by atoms with Crippen LogP contribution in [0.3, 0.4) is 0 Å². The number of piperidine rings is 1. The van der Waals surface area contributed by atoms with E-state index in [1.165, 1.54) is 17.7 Å². The molecule has 2 unspecified atom stereocenters. The summed E-state index contributed by atoms with van der Waals surface area (Å²) in [6.45, 7) is 1.94. The summed E-state index contributed by atoms with van der Waals surface area (Å²) in [5, 5.41) is 14.6. The lowest BCUT2D eigenvalue weighted by molar-refractivity contribution is 0.130. The third-order valence-corrected chi connectivity index (χ3v) is 5.12. The quantitative estimate of drug-likeness (QED) is 0.940. The maximum absolute atomic E-state index is 9.10. The van der Waals surface area contributed by atoms with Gasteiger partial charge in [-0.25, -0.2) is 9.97 Å². The summed E-state index contributed by atoms with van der Waals surface area (Å²) in [6, 6.07) is 6.85. The van der Waals surface area contributed by atoms with E-state index in [1.807, 2.05) is 11.3 Å². The molecule has 1 fully saturated rings. The van der Waals surface area contributed by atoms with Crippen LogP contribution in [0.4, 0.5) is 5.82 Å². The SMILES string of the molecule is CN1CCCC(CNc2nccnc2C#N)C1c1cccs1. The smallest absolute Gasteiger partial charge is 0.182 e. The number of thiophene rings is 1. The second-order valence-corrected chi connectivity index (χ2v) is 6.57. The molecule has 0 amide bonds. The maximum Gasteiger partial charge on any atom is 0.182 e. The number of anilines is 1. The summed E-state index contributed by atoms with van der Waals surface area (Å²) in [4.78, 5) is 12.1. The van der Waals surface area contributed by atoms with E-state index in [1.54, 1.807) is 12.4 Å². The van der Waals surface area contributed by atoms with Crippen LogP contribution in [0.15, 0.2) is 29.9 Å². The summed E-state index contributed by atoms with van der Waals surface area (Å²) in [5.74, 6) is 1.09. The van der Waals surface area contributed by atoms with Gasteiger partial charge in [0.25, 0.3) is 0 Å². The number of likely N-dealkylation sites (tertiary alicyclic amines) is 1. The van der Waals surface area contributed by atoms with E-state index in [-0.39, 0.29) is 0 Å². The molecule has 0 spiro atoms. The number of nitrogens with one attached hydrogen (secondary N) is 1. The first-order valence-electron chi connectivity index (χ1n) is 7.48. The van der Waals surface area contributed by atoms with Crippen LogP contribution in [0.2, 0.25) is 0 Å². The normalized spacial score (nSPS) is 22.2. The van der Waals surface area contributed by atoms with Crippen LogP contribution in [0.25, 0.3) is 0 Å². The van der Waals surface area contributed by atoms with Crippen LogP contribution in [-0.4, -0.2) is 35.0 Å². The Morgan fingerprint density at radius 1 is 1.45 bits per heavy atom. The van der Waals surface area contributed by atoms with Crippen LogP contribution in [0.5, 0.6) is 0 Å². The number of hydrogen-bond donors (Lipinski definition) is 1. The highest BCUT2D eigenvalue weighted by Crippen LogP contribution is 2.37. The lowest BCUT2D eigenvalue weighted by Crippen LogP contribution is -2.38. The van der Waals surface area contributed by atoms with Gasteiger partial charge >= 0.3 is 0 Å². The molecule has 0 radical (unpaired) electrons. The molecule has 1 aliphatic rings. The summed E-state index contributed by atoms with van der Waals surface area (Å²) in [5.41, 5.74) is 0.360. The molecular formula is C16H19N5S. The van der Waals surface area contributed by atoms with Gasteiger partial charge in [-0.3, -0.25) is 4.90 Å². The first-order chi connectivity index (χ1) is 10.8. The molecule has 0 saturated carbocycles. The number of aromatic nitrogens is 2. The third-order valence-electron chi connectivity index (χ3n) is 4.18. The molecule has 6 heteroatoms. The molecule has 2 aromatic heterocycles. The Morgan fingerprint density at radius 2 is 2.32 bits per heavy atom.